The molecule has 25 heavy (non-hydrogen) atoms. The minimum Gasteiger partial charge on any atom is -0.449 e. The van der Waals surface area contributed by atoms with Gasteiger partial charge in [-0.2, -0.15) is 0 Å². The molecule has 4 aliphatic carbocycles. The zero-order chi connectivity index (χ0) is 17.4. The standard InChI is InChI=1S/C17H23N3O4S/c21-14(20-23)4-13-8-25-15(18-13)19-16(22)24-9-17-5-10-1-11(6-17)3-12(2-10)7-17/h8,10-12,23H,1-7,9H2,(H,20,21)(H,18,19,22). The van der Waals surface area contributed by atoms with E-state index in [1.54, 1.807) is 10.9 Å². The number of nitrogens with zero attached hydrogens (tertiary/aromatic N) is 1. The number of hydrogen-bond acceptors (Lipinski definition) is 6. The Hall–Kier alpha value is -1.67. The van der Waals surface area contributed by atoms with E-state index in [0.717, 1.165) is 17.8 Å². The van der Waals surface area contributed by atoms with Gasteiger partial charge in [0.25, 0.3) is 0 Å². The summed E-state index contributed by atoms with van der Waals surface area (Å²) in [6.45, 7) is 0.494. The molecule has 4 bridgehead atoms. The lowest BCUT2D eigenvalue weighted by atomic mass is 9.50. The van der Waals surface area contributed by atoms with Gasteiger partial charge in [0.05, 0.1) is 18.7 Å². The number of rotatable bonds is 5. The van der Waals surface area contributed by atoms with Crippen LogP contribution in [0.1, 0.15) is 44.2 Å². The van der Waals surface area contributed by atoms with Crippen LogP contribution in [-0.2, 0) is 16.0 Å². The highest BCUT2D eigenvalue weighted by Gasteiger charge is 2.51. The van der Waals surface area contributed by atoms with Crippen molar-refractivity contribution in [2.24, 2.45) is 23.2 Å². The quantitative estimate of drug-likeness (QED) is 0.550. The molecule has 1 heterocycles. The Bertz CT molecular complexity index is 639. The van der Waals surface area contributed by atoms with Crippen LogP contribution in [-0.4, -0.2) is 28.8 Å². The molecule has 7 nitrogen and oxygen atoms in total. The van der Waals surface area contributed by atoms with Crippen LogP contribution in [0, 0.1) is 23.2 Å². The number of ether oxygens (including phenoxy) is 1. The molecule has 0 atom stereocenters. The van der Waals surface area contributed by atoms with E-state index in [-0.39, 0.29) is 11.8 Å². The summed E-state index contributed by atoms with van der Waals surface area (Å²) in [5, 5.41) is 13.2. The molecule has 0 radical (unpaired) electrons. The van der Waals surface area contributed by atoms with Gasteiger partial charge >= 0.3 is 6.09 Å². The number of hydrogen-bond donors (Lipinski definition) is 3. The Morgan fingerprint density at radius 2 is 1.88 bits per heavy atom. The van der Waals surface area contributed by atoms with E-state index < -0.39 is 12.0 Å². The van der Waals surface area contributed by atoms with Crippen molar-refractivity contribution in [3.05, 3.63) is 11.1 Å². The molecule has 136 valence electrons. The van der Waals surface area contributed by atoms with Crippen molar-refractivity contribution in [2.75, 3.05) is 11.9 Å². The Morgan fingerprint density at radius 1 is 1.24 bits per heavy atom. The molecule has 0 aliphatic heterocycles. The van der Waals surface area contributed by atoms with E-state index in [0.29, 0.717) is 17.4 Å². The van der Waals surface area contributed by atoms with Gasteiger partial charge in [-0.1, -0.05) is 0 Å². The van der Waals surface area contributed by atoms with Crippen LogP contribution >= 0.6 is 11.3 Å². The summed E-state index contributed by atoms with van der Waals surface area (Å²) in [4.78, 5) is 27.4. The van der Waals surface area contributed by atoms with Crippen molar-refractivity contribution in [1.82, 2.24) is 10.5 Å². The van der Waals surface area contributed by atoms with Crippen LogP contribution in [0.5, 0.6) is 0 Å². The molecule has 1 aromatic heterocycles. The summed E-state index contributed by atoms with van der Waals surface area (Å²) in [5.41, 5.74) is 2.25. The first-order chi connectivity index (χ1) is 12.0. The molecule has 2 amide bonds. The third-order valence-electron chi connectivity index (χ3n) is 5.90. The molecule has 0 spiro atoms. The number of amides is 2. The van der Waals surface area contributed by atoms with Gasteiger partial charge in [0.1, 0.15) is 0 Å². The second-order valence-corrected chi connectivity index (χ2v) is 8.83. The van der Waals surface area contributed by atoms with E-state index in [1.165, 1.54) is 49.9 Å². The zero-order valence-corrected chi connectivity index (χ0v) is 14.8. The molecule has 0 saturated heterocycles. The third-order valence-corrected chi connectivity index (χ3v) is 6.71. The maximum Gasteiger partial charge on any atom is 0.413 e. The second kappa shape index (κ2) is 6.57. The minimum absolute atomic E-state index is 0.0307. The molecule has 5 rings (SSSR count). The van der Waals surface area contributed by atoms with Crippen molar-refractivity contribution >= 4 is 28.5 Å². The average Bonchev–Trinajstić information content (AvgIpc) is 2.98. The van der Waals surface area contributed by atoms with E-state index in [9.17, 15) is 9.59 Å². The van der Waals surface area contributed by atoms with Crippen LogP contribution in [0.2, 0.25) is 0 Å². The van der Waals surface area contributed by atoms with Gasteiger partial charge < -0.3 is 4.74 Å². The van der Waals surface area contributed by atoms with Crippen molar-refractivity contribution in [2.45, 2.75) is 44.9 Å². The number of thiazole rings is 1. The van der Waals surface area contributed by atoms with Crippen molar-refractivity contribution in [3.8, 4) is 0 Å². The summed E-state index contributed by atoms with van der Waals surface area (Å²) >= 11 is 1.23. The fourth-order valence-corrected chi connectivity index (χ4v) is 6.15. The van der Waals surface area contributed by atoms with E-state index in [4.69, 9.17) is 9.94 Å². The van der Waals surface area contributed by atoms with Crippen LogP contribution in [0.15, 0.2) is 5.38 Å². The van der Waals surface area contributed by atoms with Gasteiger partial charge in [-0.15, -0.1) is 11.3 Å². The van der Waals surface area contributed by atoms with Crippen LogP contribution in [0.4, 0.5) is 9.93 Å². The summed E-state index contributed by atoms with van der Waals surface area (Å²) < 4.78 is 5.54. The lowest BCUT2D eigenvalue weighted by Crippen LogP contribution is -2.48. The fourth-order valence-electron chi connectivity index (χ4n) is 5.46. The van der Waals surface area contributed by atoms with Crippen molar-refractivity contribution in [1.29, 1.82) is 0 Å². The Balaban J connectivity index is 1.29. The smallest absolute Gasteiger partial charge is 0.413 e. The highest BCUT2D eigenvalue weighted by atomic mass is 32.1. The molecule has 4 aliphatic rings. The third kappa shape index (κ3) is 3.64. The normalized spacial score (nSPS) is 32.4. The lowest BCUT2D eigenvalue weighted by Gasteiger charge is -2.56. The Labute approximate surface area is 150 Å². The van der Waals surface area contributed by atoms with Crippen molar-refractivity contribution < 1.29 is 19.5 Å². The maximum atomic E-state index is 12.1. The predicted octanol–water partition coefficient (Wildman–Crippen LogP) is 2.96. The van der Waals surface area contributed by atoms with Gasteiger partial charge in [-0.05, 0) is 56.3 Å². The number of carbonyl (C=O) groups excluding carboxylic acids is 2. The minimum atomic E-state index is -0.541. The van der Waals surface area contributed by atoms with Gasteiger partial charge in [0.2, 0.25) is 5.91 Å². The lowest BCUT2D eigenvalue weighted by molar-refractivity contribution is -0.128. The maximum absolute atomic E-state index is 12.1. The first kappa shape index (κ1) is 16.8. The molecule has 4 saturated carbocycles. The van der Waals surface area contributed by atoms with Gasteiger partial charge in [-0.3, -0.25) is 15.3 Å². The molecule has 0 unspecified atom stereocenters. The molecule has 3 N–H and O–H groups in total. The van der Waals surface area contributed by atoms with Gasteiger partial charge in [0, 0.05) is 10.8 Å². The largest absolute Gasteiger partial charge is 0.449 e. The number of carbonyl (C=O) groups is 2. The van der Waals surface area contributed by atoms with Crippen molar-refractivity contribution in [3.63, 3.8) is 0 Å². The molecule has 4 fully saturated rings. The average molecular weight is 365 g/mol. The highest BCUT2D eigenvalue weighted by Crippen LogP contribution is 2.60. The SMILES string of the molecule is O=C(Cc1csc(NC(=O)OCC23CC4CC(CC(C4)C2)C3)n1)NO. The summed E-state index contributed by atoms with van der Waals surface area (Å²) in [6, 6.07) is 0. The number of anilines is 1. The molecular formula is C17H23N3O4S. The number of hydroxylamine groups is 1. The number of nitrogens with one attached hydrogen (secondary N) is 2. The van der Waals surface area contributed by atoms with E-state index in [1.807, 2.05) is 0 Å². The van der Waals surface area contributed by atoms with Gasteiger partial charge in [0.15, 0.2) is 5.13 Å². The first-order valence-corrected chi connectivity index (χ1v) is 9.73. The summed E-state index contributed by atoms with van der Waals surface area (Å²) in [5.74, 6) is 1.95. The van der Waals surface area contributed by atoms with E-state index in [2.05, 4.69) is 10.3 Å². The summed E-state index contributed by atoms with van der Waals surface area (Å²) in [7, 11) is 0. The monoisotopic (exact) mass is 365 g/mol. The van der Waals surface area contributed by atoms with Crippen LogP contribution in [0.25, 0.3) is 0 Å². The topological polar surface area (TPSA) is 101 Å². The first-order valence-electron chi connectivity index (χ1n) is 8.85. The Kier molecular flexibility index (Phi) is 4.41. The molecule has 1 aromatic rings. The Morgan fingerprint density at radius 3 is 2.48 bits per heavy atom. The predicted molar refractivity (Wildman–Crippen MR) is 91.3 cm³/mol. The van der Waals surface area contributed by atoms with Crippen LogP contribution in [0.3, 0.4) is 0 Å². The fraction of sp³-hybridized carbons (Fsp3) is 0.706. The number of aromatic nitrogens is 1. The van der Waals surface area contributed by atoms with Crippen LogP contribution < -0.4 is 10.8 Å². The zero-order valence-electron chi connectivity index (χ0n) is 14.0. The summed E-state index contributed by atoms with van der Waals surface area (Å²) in [6.07, 6.45) is 7.19. The highest BCUT2D eigenvalue weighted by molar-refractivity contribution is 7.13. The van der Waals surface area contributed by atoms with E-state index >= 15 is 0 Å². The van der Waals surface area contributed by atoms with Gasteiger partial charge in [-0.25, -0.2) is 15.3 Å². The molecule has 8 heteroatoms. The molecular weight excluding hydrogens is 342 g/mol. The second-order valence-electron chi connectivity index (χ2n) is 7.97. The molecule has 0 aromatic carbocycles.